The molecule has 1 aromatic rings. The van der Waals surface area contributed by atoms with Crippen LogP contribution in [0.5, 0.6) is 0 Å². The highest BCUT2D eigenvalue weighted by atomic mass is 19.3. The van der Waals surface area contributed by atoms with E-state index in [9.17, 15) is 13.9 Å². The monoisotopic (exact) mass is 200 g/mol. The molecule has 0 saturated carbocycles. The van der Waals surface area contributed by atoms with Gasteiger partial charge in [0.15, 0.2) is 0 Å². The summed E-state index contributed by atoms with van der Waals surface area (Å²) in [5.74, 6) is 0.0305. The van der Waals surface area contributed by atoms with Gasteiger partial charge in [-0.25, -0.2) is 8.78 Å². The van der Waals surface area contributed by atoms with E-state index in [-0.39, 0.29) is 11.5 Å². The summed E-state index contributed by atoms with van der Waals surface area (Å²) in [6, 6.07) is 5.93. The molecule has 0 spiro atoms. The van der Waals surface area contributed by atoms with Gasteiger partial charge < -0.3 is 5.11 Å². The van der Waals surface area contributed by atoms with E-state index in [2.05, 4.69) is 0 Å². The third kappa shape index (κ3) is 2.51. The maximum absolute atomic E-state index is 12.3. The van der Waals surface area contributed by atoms with Crippen LogP contribution in [0.15, 0.2) is 24.3 Å². The van der Waals surface area contributed by atoms with E-state index < -0.39 is 12.5 Å². The highest BCUT2D eigenvalue weighted by Crippen LogP contribution is 2.25. The van der Waals surface area contributed by atoms with Crippen molar-refractivity contribution in [2.24, 2.45) is 5.92 Å². The summed E-state index contributed by atoms with van der Waals surface area (Å²) < 4.78 is 24.7. The molecule has 0 radical (unpaired) electrons. The Morgan fingerprint density at radius 2 is 1.71 bits per heavy atom. The molecule has 0 bridgehead atoms. The van der Waals surface area contributed by atoms with E-state index in [4.69, 9.17) is 0 Å². The largest absolute Gasteiger partial charge is 0.388 e. The highest BCUT2D eigenvalue weighted by molar-refractivity contribution is 5.26. The number of benzene rings is 1. The Labute approximate surface area is 82.4 Å². The SMILES string of the molecule is CC(C)C(O)c1cccc(C(F)F)c1. The highest BCUT2D eigenvalue weighted by Gasteiger charge is 2.14. The van der Waals surface area contributed by atoms with Crippen LogP contribution in [0.25, 0.3) is 0 Å². The van der Waals surface area contributed by atoms with Crippen molar-refractivity contribution in [3.05, 3.63) is 35.4 Å². The number of rotatable bonds is 3. The molecule has 0 heterocycles. The molecule has 0 aromatic heterocycles. The minimum atomic E-state index is -2.48. The maximum Gasteiger partial charge on any atom is 0.263 e. The van der Waals surface area contributed by atoms with Crippen LogP contribution < -0.4 is 0 Å². The number of hydrogen-bond acceptors (Lipinski definition) is 1. The molecule has 0 fully saturated rings. The fourth-order valence-corrected chi connectivity index (χ4v) is 1.26. The Kier molecular flexibility index (Phi) is 3.58. The second-order valence-electron chi connectivity index (χ2n) is 3.66. The average Bonchev–Trinajstić information content (AvgIpc) is 2.16. The predicted octanol–water partition coefficient (Wildman–Crippen LogP) is 3.31. The molecule has 1 atom stereocenters. The summed E-state index contributed by atoms with van der Waals surface area (Å²) in [6.07, 6.45) is -3.15. The summed E-state index contributed by atoms with van der Waals surface area (Å²) in [5, 5.41) is 9.66. The summed E-state index contributed by atoms with van der Waals surface area (Å²) in [5.41, 5.74) is 0.514. The van der Waals surface area contributed by atoms with Crippen molar-refractivity contribution in [1.29, 1.82) is 0 Å². The van der Waals surface area contributed by atoms with E-state index in [0.717, 1.165) is 0 Å². The van der Waals surface area contributed by atoms with Crippen molar-refractivity contribution in [2.75, 3.05) is 0 Å². The lowest BCUT2D eigenvalue weighted by molar-refractivity contribution is 0.125. The molecule has 1 nitrogen and oxygen atoms in total. The zero-order chi connectivity index (χ0) is 10.7. The Hall–Kier alpha value is -0.960. The molecule has 1 rings (SSSR count). The topological polar surface area (TPSA) is 20.2 Å². The lowest BCUT2D eigenvalue weighted by Gasteiger charge is -2.15. The van der Waals surface area contributed by atoms with E-state index >= 15 is 0 Å². The van der Waals surface area contributed by atoms with Gasteiger partial charge in [0.1, 0.15) is 0 Å². The van der Waals surface area contributed by atoms with Crippen molar-refractivity contribution in [3.63, 3.8) is 0 Å². The standard InChI is InChI=1S/C11H14F2O/c1-7(2)10(14)8-4-3-5-9(6-8)11(12)13/h3-7,10-11,14H,1-2H3. The summed E-state index contributed by atoms with van der Waals surface area (Å²) in [6.45, 7) is 3.69. The summed E-state index contributed by atoms with van der Waals surface area (Å²) in [4.78, 5) is 0. The number of hydrogen-bond donors (Lipinski definition) is 1. The fraction of sp³-hybridized carbons (Fsp3) is 0.455. The first-order valence-electron chi connectivity index (χ1n) is 4.58. The van der Waals surface area contributed by atoms with Gasteiger partial charge >= 0.3 is 0 Å². The van der Waals surface area contributed by atoms with Gasteiger partial charge in [0.05, 0.1) is 6.10 Å². The number of aliphatic hydroxyl groups excluding tert-OH is 1. The molecule has 0 aliphatic rings. The van der Waals surface area contributed by atoms with E-state index in [1.807, 2.05) is 13.8 Å². The van der Waals surface area contributed by atoms with Gasteiger partial charge in [0, 0.05) is 5.56 Å². The van der Waals surface area contributed by atoms with Gasteiger partial charge in [-0.2, -0.15) is 0 Å². The normalized spacial score (nSPS) is 13.6. The molecule has 0 amide bonds. The first kappa shape index (κ1) is 11.1. The zero-order valence-electron chi connectivity index (χ0n) is 8.24. The van der Waals surface area contributed by atoms with Gasteiger partial charge in [-0.15, -0.1) is 0 Å². The maximum atomic E-state index is 12.3. The van der Waals surface area contributed by atoms with Crippen molar-refractivity contribution in [3.8, 4) is 0 Å². The number of aliphatic hydroxyl groups is 1. The van der Waals surface area contributed by atoms with Crippen LogP contribution in [-0.4, -0.2) is 5.11 Å². The zero-order valence-corrected chi connectivity index (χ0v) is 8.24. The van der Waals surface area contributed by atoms with Crippen molar-refractivity contribution < 1.29 is 13.9 Å². The lowest BCUT2D eigenvalue weighted by Crippen LogP contribution is -2.05. The Bertz CT molecular complexity index is 297. The van der Waals surface area contributed by atoms with Crippen molar-refractivity contribution in [2.45, 2.75) is 26.4 Å². The molecule has 0 aliphatic heterocycles. The Morgan fingerprint density at radius 3 is 2.21 bits per heavy atom. The van der Waals surface area contributed by atoms with Crippen LogP contribution in [0.2, 0.25) is 0 Å². The van der Waals surface area contributed by atoms with E-state index in [0.29, 0.717) is 5.56 Å². The molecule has 1 unspecified atom stereocenters. The first-order valence-corrected chi connectivity index (χ1v) is 4.58. The van der Waals surface area contributed by atoms with Crippen LogP contribution in [-0.2, 0) is 0 Å². The Balaban J connectivity index is 2.93. The summed E-state index contributed by atoms with van der Waals surface area (Å²) >= 11 is 0. The fourth-order valence-electron chi connectivity index (χ4n) is 1.26. The lowest BCUT2D eigenvalue weighted by atomic mass is 9.98. The second kappa shape index (κ2) is 4.51. The molecule has 0 saturated heterocycles. The first-order chi connectivity index (χ1) is 6.52. The van der Waals surface area contributed by atoms with Crippen LogP contribution >= 0.6 is 0 Å². The Morgan fingerprint density at radius 1 is 1.14 bits per heavy atom. The molecule has 78 valence electrons. The summed E-state index contributed by atoms with van der Waals surface area (Å²) in [7, 11) is 0. The second-order valence-corrected chi connectivity index (χ2v) is 3.66. The number of alkyl halides is 2. The molecular weight excluding hydrogens is 186 g/mol. The third-order valence-electron chi connectivity index (χ3n) is 2.14. The molecule has 0 aliphatic carbocycles. The molecular formula is C11H14F2O. The van der Waals surface area contributed by atoms with E-state index in [1.165, 1.54) is 12.1 Å². The third-order valence-corrected chi connectivity index (χ3v) is 2.14. The van der Waals surface area contributed by atoms with Crippen LogP contribution in [0.1, 0.15) is 37.5 Å². The van der Waals surface area contributed by atoms with Crippen molar-refractivity contribution >= 4 is 0 Å². The minimum Gasteiger partial charge on any atom is -0.388 e. The minimum absolute atomic E-state index is 0.0305. The van der Waals surface area contributed by atoms with Gasteiger partial charge in [0.25, 0.3) is 6.43 Å². The smallest absolute Gasteiger partial charge is 0.263 e. The van der Waals surface area contributed by atoms with Gasteiger partial charge in [-0.1, -0.05) is 32.0 Å². The van der Waals surface area contributed by atoms with Crippen molar-refractivity contribution in [1.82, 2.24) is 0 Å². The van der Waals surface area contributed by atoms with Crippen LogP contribution in [0.3, 0.4) is 0 Å². The number of halogens is 2. The molecule has 1 N–H and O–H groups in total. The molecule has 1 aromatic carbocycles. The predicted molar refractivity (Wildman–Crippen MR) is 51.2 cm³/mol. The van der Waals surface area contributed by atoms with Crippen LogP contribution in [0, 0.1) is 5.92 Å². The quantitative estimate of drug-likeness (QED) is 0.793. The van der Waals surface area contributed by atoms with Gasteiger partial charge in [-0.05, 0) is 17.5 Å². The van der Waals surface area contributed by atoms with Gasteiger partial charge in [-0.3, -0.25) is 0 Å². The average molecular weight is 200 g/mol. The molecule has 3 heteroatoms. The van der Waals surface area contributed by atoms with E-state index in [1.54, 1.807) is 12.1 Å². The van der Waals surface area contributed by atoms with Gasteiger partial charge in [0.2, 0.25) is 0 Å². The van der Waals surface area contributed by atoms with Crippen LogP contribution in [0.4, 0.5) is 8.78 Å². The molecule has 14 heavy (non-hydrogen) atoms.